The van der Waals surface area contributed by atoms with Crippen molar-refractivity contribution in [3.63, 3.8) is 0 Å². The van der Waals surface area contributed by atoms with Crippen LogP contribution < -0.4 is 18.9 Å². The van der Waals surface area contributed by atoms with E-state index in [9.17, 15) is 4.79 Å². The van der Waals surface area contributed by atoms with Crippen molar-refractivity contribution in [1.29, 1.82) is 0 Å². The highest BCUT2D eigenvalue weighted by Crippen LogP contribution is 2.39. The summed E-state index contributed by atoms with van der Waals surface area (Å²) in [6, 6.07) is 14.4. The highest BCUT2D eigenvalue weighted by Gasteiger charge is 2.34. The Morgan fingerprint density at radius 1 is 0.968 bits per heavy atom. The number of nitrogens with zero attached hydrogens (tertiary/aromatic N) is 1. The minimum atomic E-state index is -0.342. The molecule has 0 N–H and O–H groups in total. The minimum absolute atomic E-state index is 0.181. The Morgan fingerprint density at radius 3 is 2.35 bits per heavy atom. The van der Waals surface area contributed by atoms with Crippen LogP contribution in [0.1, 0.15) is 27.7 Å². The summed E-state index contributed by atoms with van der Waals surface area (Å²) in [6.45, 7) is 0.775. The van der Waals surface area contributed by atoms with Gasteiger partial charge in [-0.15, -0.1) is 0 Å². The Kier molecular flexibility index (Phi) is 6.02. The Hall–Kier alpha value is -3.61. The Bertz CT molecular complexity index is 1050. The van der Waals surface area contributed by atoms with Gasteiger partial charge < -0.3 is 28.3 Å². The van der Waals surface area contributed by atoms with Gasteiger partial charge in [0.15, 0.2) is 28.8 Å². The van der Waals surface area contributed by atoms with E-state index in [2.05, 4.69) is 0 Å². The number of rotatable bonds is 7. The minimum Gasteiger partial charge on any atom is -0.493 e. The Balaban J connectivity index is 1.71. The number of fused-ring (bicyclic) bond motifs is 1. The summed E-state index contributed by atoms with van der Waals surface area (Å²) in [6.07, 6.45) is 2.19. The van der Waals surface area contributed by atoms with Gasteiger partial charge in [0.2, 0.25) is 0 Å². The van der Waals surface area contributed by atoms with E-state index in [0.29, 0.717) is 41.7 Å². The van der Waals surface area contributed by atoms with E-state index in [1.54, 1.807) is 38.4 Å². The molecule has 7 nitrogen and oxygen atoms in total. The third kappa shape index (κ3) is 4.03. The van der Waals surface area contributed by atoms with E-state index in [0.717, 1.165) is 11.1 Å². The number of benzene rings is 2. The standard InChI is InChI=1S/C24H25NO6/c1-27-19-7-4-5-8-20(19)31-15-18-17-14-23(29-3)22(28-2)13-16(17)10-11-25(18)24(26)21-9-6-12-30-21/h4-9,12-14,18H,10-11,15H2,1-3H3/t18-/m0/s1. The van der Waals surface area contributed by atoms with Gasteiger partial charge >= 0.3 is 0 Å². The maximum absolute atomic E-state index is 13.2. The van der Waals surface area contributed by atoms with Crippen molar-refractivity contribution < 1.29 is 28.2 Å². The van der Waals surface area contributed by atoms with Gasteiger partial charge in [-0.3, -0.25) is 4.79 Å². The largest absolute Gasteiger partial charge is 0.493 e. The van der Waals surface area contributed by atoms with Crippen molar-refractivity contribution in [3.05, 3.63) is 71.7 Å². The Labute approximate surface area is 181 Å². The molecule has 0 radical (unpaired) electrons. The third-order valence-electron chi connectivity index (χ3n) is 5.46. The number of carbonyl (C=O) groups is 1. The second-order valence-electron chi connectivity index (χ2n) is 7.11. The topological polar surface area (TPSA) is 70.4 Å². The van der Waals surface area contributed by atoms with Crippen LogP contribution in [-0.2, 0) is 6.42 Å². The molecule has 162 valence electrons. The monoisotopic (exact) mass is 423 g/mol. The molecule has 0 unspecified atom stereocenters. The first-order valence-corrected chi connectivity index (χ1v) is 10.0. The molecule has 31 heavy (non-hydrogen) atoms. The zero-order chi connectivity index (χ0) is 21.8. The van der Waals surface area contributed by atoms with Gasteiger partial charge in [0.05, 0.1) is 33.6 Å². The van der Waals surface area contributed by atoms with Gasteiger partial charge in [-0.2, -0.15) is 0 Å². The first-order valence-electron chi connectivity index (χ1n) is 10.0. The second-order valence-corrected chi connectivity index (χ2v) is 7.11. The molecule has 1 amide bonds. The number of methoxy groups -OCH3 is 3. The predicted molar refractivity (Wildman–Crippen MR) is 114 cm³/mol. The van der Waals surface area contributed by atoms with E-state index in [4.69, 9.17) is 23.4 Å². The number of hydrogen-bond acceptors (Lipinski definition) is 6. The van der Waals surface area contributed by atoms with Gasteiger partial charge in [0.1, 0.15) is 6.61 Å². The van der Waals surface area contributed by atoms with Crippen LogP contribution in [0, 0.1) is 0 Å². The van der Waals surface area contributed by atoms with Crippen LogP contribution in [0.25, 0.3) is 0 Å². The lowest BCUT2D eigenvalue weighted by molar-refractivity contribution is 0.0556. The van der Waals surface area contributed by atoms with Crippen molar-refractivity contribution in [2.45, 2.75) is 12.5 Å². The molecule has 7 heteroatoms. The SMILES string of the molecule is COc1cc2c(cc1OC)[C@H](COc1ccccc1OC)N(C(=O)c1ccco1)CC2. The number of carbonyl (C=O) groups excluding carboxylic acids is 1. The summed E-state index contributed by atoms with van der Waals surface area (Å²) in [5.74, 6) is 2.63. The van der Waals surface area contributed by atoms with E-state index in [1.807, 2.05) is 36.4 Å². The van der Waals surface area contributed by atoms with E-state index in [1.165, 1.54) is 6.26 Å². The van der Waals surface area contributed by atoms with Crippen LogP contribution in [0.5, 0.6) is 23.0 Å². The smallest absolute Gasteiger partial charge is 0.290 e. The summed E-state index contributed by atoms with van der Waals surface area (Å²) in [5, 5.41) is 0. The number of furan rings is 1. The van der Waals surface area contributed by atoms with E-state index in [-0.39, 0.29) is 18.6 Å². The highest BCUT2D eigenvalue weighted by atomic mass is 16.5. The normalized spacial score (nSPS) is 15.2. The van der Waals surface area contributed by atoms with Crippen molar-refractivity contribution in [2.75, 3.05) is 34.5 Å². The average molecular weight is 423 g/mol. The first kappa shape index (κ1) is 20.7. The fourth-order valence-corrected chi connectivity index (χ4v) is 3.90. The van der Waals surface area contributed by atoms with Crippen molar-refractivity contribution in [1.82, 2.24) is 4.90 Å². The third-order valence-corrected chi connectivity index (χ3v) is 5.46. The first-order chi connectivity index (χ1) is 15.2. The van der Waals surface area contributed by atoms with Crippen molar-refractivity contribution >= 4 is 5.91 Å². The molecule has 0 saturated heterocycles. The van der Waals surface area contributed by atoms with Gasteiger partial charge in [-0.05, 0) is 53.9 Å². The van der Waals surface area contributed by atoms with Crippen molar-refractivity contribution in [2.24, 2.45) is 0 Å². The molecule has 0 saturated carbocycles. The van der Waals surface area contributed by atoms with Gasteiger partial charge in [0, 0.05) is 6.54 Å². The fraction of sp³-hybridized carbons (Fsp3) is 0.292. The molecular weight excluding hydrogens is 398 g/mol. The zero-order valence-corrected chi connectivity index (χ0v) is 17.8. The summed E-state index contributed by atoms with van der Waals surface area (Å²) in [4.78, 5) is 15.0. The van der Waals surface area contributed by atoms with Crippen LogP contribution in [0.4, 0.5) is 0 Å². The summed E-state index contributed by atoms with van der Waals surface area (Å²) in [7, 11) is 4.81. The summed E-state index contributed by atoms with van der Waals surface area (Å²) >= 11 is 0. The van der Waals surface area contributed by atoms with Gasteiger partial charge in [-0.25, -0.2) is 0 Å². The Morgan fingerprint density at radius 2 is 1.68 bits per heavy atom. The van der Waals surface area contributed by atoms with E-state index >= 15 is 0 Å². The van der Waals surface area contributed by atoms with Crippen LogP contribution in [0.3, 0.4) is 0 Å². The molecule has 4 rings (SSSR count). The van der Waals surface area contributed by atoms with Crippen LogP contribution >= 0.6 is 0 Å². The molecule has 1 atom stereocenters. The maximum atomic E-state index is 13.2. The highest BCUT2D eigenvalue weighted by molar-refractivity contribution is 5.92. The lowest BCUT2D eigenvalue weighted by atomic mass is 9.92. The average Bonchev–Trinajstić information content (AvgIpc) is 3.36. The number of hydrogen-bond donors (Lipinski definition) is 0. The second kappa shape index (κ2) is 9.04. The molecule has 0 aliphatic carbocycles. The molecular formula is C24H25NO6. The number of para-hydroxylation sites is 2. The van der Waals surface area contributed by atoms with Gasteiger partial charge in [0.25, 0.3) is 5.91 Å². The molecule has 1 aliphatic rings. The molecule has 3 aromatic rings. The lowest BCUT2D eigenvalue weighted by Gasteiger charge is -2.37. The van der Waals surface area contributed by atoms with E-state index < -0.39 is 0 Å². The van der Waals surface area contributed by atoms with Crippen LogP contribution in [0.15, 0.2) is 59.2 Å². The molecule has 2 aromatic carbocycles. The zero-order valence-electron chi connectivity index (χ0n) is 17.8. The van der Waals surface area contributed by atoms with Gasteiger partial charge in [-0.1, -0.05) is 12.1 Å². The number of amides is 1. The number of ether oxygens (including phenoxy) is 4. The molecule has 1 aliphatic heterocycles. The lowest BCUT2D eigenvalue weighted by Crippen LogP contribution is -2.42. The van der Waals surface area contributed by atoms with Crippen molar-refractivity contribution in [3.8, 4) is 23.0 Å². The molecule has 1 aromatic heterocycles. The molecule has 2 heterocycles. The maximum Gasteiger partial charge on any atom is 0.290 e. The predicted octanol–water partition coefficient (Wildman–Crippen LogP) is 4.12. The summed E-state index contributed by atoms with van der Waals surface area (Å²) in [5.41, 5.74) is 2.05. The van der Waals surface area contributed by atoms with Crippen LogP contribution in [0.2, 0.25) is 0 Å². The fourth-order valence-electron chi connectivity index (χ4n) is 3.90. The quantitative estimate of drug-likeness (QED) is 0.569. The molecule has 0 spiro atoms. The molecule has 0 fully saturated rings. The molecule has 0 bridgehead atoms. The van der Waals surface area contributed by atoms with Crippen LogP contribution in [-0.4, -0.2) is 45.3 Å². The summed E-state index contributed by atoms with van der Waals surface area (Å²) < 4.78 is 27.9.